The van der Waals surface area contributed by atoms with E-state index in [0.29, 0.717) is 27.9 Å². The van der Waals surface area contributed by atoms with Crippen LogP contribution in [0.25, 0.3) is 22.2 Å². The van der Waals surface area contributed by atoms with Crippen molar-refractivity contribution in [1.29, 1.82) is 0 Å². The quantitative estimate of drug-likeness (QED) is 0.194. The van der Waals surface area contributed by atoms with E-state index in [1.165, 1.54) is 12.1 Å². The van der Waals surface area contributed by atoms with Crippen LogP contribution in [-0.2, 0) is 7.05 Å². The number of non-ortho nitro benzene ring substituents is 1. The van der Waals surface area contributed by atoms with E-state index in [2.05, 4.69) is 10.4 Å². The van der Waals surface area contributed by atoms with Gasteiger partial charge in [-0.2, -0.15) is 5.10 Å². The Morgan fingerprint density at radius 1 is 0.949 bits per heavy atom. The largest absolute Gasteiger partial charge is 0.457 e. The summed E-state index contributed by atoms with van der Waals surface area (Å²) in [5.41, 5.74) is 6.30. The van der Waals surface area contributed by atoms with Crippen molar-refractivity contribution in [2.24, 2.45) is 7.05 Å². The zero-order valence-corrected chi connectivity index (χ0v) is 22.3. The first-order valence-electron chi connectivity index (χ1n) is 12.4. The minimum absolute atomic E-state index is 0.200. The van der Waals surface area contributed by atoms with Crippen molar-refractivity contribution in [2.45, 2.75) is 27.7 Å². The molecule has 0 radical (unpaired) electrons. The zero-order valence-electron chi connectivity index (χ0n) is 22.3. The van der Waals surface area contributed by atoms with E-state index in [0.717, 1.165) is 28.1 Å². The number of para-hydroxylation sites is 1. The van der Waals surface area contributed by atoms with Gasteiger partial charge in [0.25, 0.3) is 11.6 Å². The van der Waals surface area contributed by atoms with Gasteiger partial charge in [0, 0.05) is 35.8 Å². The number of hydrogen-bond acceptors (Lipinski definition) is 6. The molecule has 2 aromatic heterocycles. The molecule has 5 rings (SSSR count). The van der Waals surface area contributed by atoms with E-state index in [1.54, 1.807) is 16.8 Å². The number of pyridine rings is 1. The molecule has 0 saturated carbocycles. The third-order valence-corrected chi connectivity index (χ3v) is 6.52. The molecule has 1 amide bonds. The zero-order chi connectivity index (χ0) is 27.8. The molecular formula is C30H27N5O4. The maximum atomic E-state index is 13.7. The number of hydrogen-bond donors (Lipinski definition) is 1. The summed E-state index contributed by atoms with van der Waals surface area (Å²) in [7, 11) is 1.86. The summed E-state index contributed by atoms with van der Waals surface area (Å²) in [6.07, 6.45) is 0. The highest BCUT2D eigenvalue weighted by molar-refractivity contribution is 6.13. The first-order valence-corrected chi connectivity index (χ1v) is 12.4. The van der Waals surface area contributed by atoms with Crippen LogP contribution < -0.4 is 10.1 Å². The van der Waals surface area contributed by atoms with E-state index in [4.69, 9.17) is 9.72 Å². The number of benzene rings is 3. The Hall–Kier alpha value is -5.05. The molecular weight excluding hydrogens is 494 g/mol. The lowest BCUT2D eigenvalue weighted by atomic mass is 10.0. The molecule has 0 aliphatic carbocycles. The highest BCUT2D eigenvalue weighted by Crippen LogP contribution is 2.33. The highest BCUT2D eigenvalue weighted by atomic mass is 16.6. The number of nitro groups is 1. The molecule has 1 N–H and O–H groups in total. The molecule has 0 spiro atoms. The molecule has 39 heavy (non-hydrogen) atoms. The van der Waals surface area contributed by atoms with Gasteiger partial charge < -0.3 is 10.1 Å². The topological polar surface area (TPSA) is 112 Å². The van der Waals surface area contributed by atoms with Crippen LogP contribution in [-0.4, -0.2) is 25.6 Å². The number of carbonyl (C=O) groups excluding carboxylic acids is 1. The Morgan fingerprint density at radius 3 is 2.31 bits per heavy atom. The Balaban J connectivity index is 1.55. The van der Waals surface area contributed by atoms with Crippen LogP contribution >= 0.6 is 0 Å². The van der Waals surface area contributed by atoms with E-state index in [1.807, 2.05) is 77.2 Å². The molecule has 9 heteroatoms. The van der Waals surface area contributed by atoms with Crippen LogP contribution in [0, 0.1) is 37.8 Å². The number of carbonyl (C=O) groups is 1. The summed E-state index contributed by atoms with van der Waals surface area (Å²) in [6.45, 7) is 7.74. The fourth-order valence-electron chi connectivity index (χ4n) is 4.78. The highest BCUT2D eigenvalue weighted by Gasteiger charge is 2.20. The van der Waals surface area contributed by atoms with E-state index in [9.17, 15) is 14.9 Å². The lowest BCUT2D eigenvalue weighted by Gasteiger charge is -2.13. The minimum Gasteiger partial charge on any atom is -0.457 e. The Labute approximate surface area is 225 Å². The maximum absolute atomic E-state index is 13.7. The summed E-state index contributed by atoms with van der Waals surface area (Å²) in [4.78, 5) is 29.6. The van der Waals surface area contributed by atoms with Gasteiger partial charge in [-0.15, -0.1) is 0 Å². The Morgan fingerprint density at radius 2 is 1.64 bits per heavy atom. The maximum Gasteiger partial charge on any atom is 0.275 e. The van der Waals surface area contributed by atoms with Gasteiger partial charge in [0.1, 0.15) is 11.5 Å². The first kappa shape index (κ1) is 25.6. The molecule has 196 valence electrons. The van der Waals surface area contributed by atoms with Gasteiger partial charge in [-0.1, -0.05) is 24.3 Å². The second-order valence-electron chi connectivity index (χ2n) is 9.59. The Kier molecular flexibility index (Phi) is 6.57. The molecule has 5 aromatic rings. The molecule has 0 fully saturated rings. The van der Waals surface area contributed by atoms with Crippen LogP contribution in [0.5, 0.6) is 11.5 Å². The number of nitrogens with zero attached hydrogens (tertiary/aromatic N) is 4. The number of nitro benzene ring substituents is 1. The predicted octanol–water partition coefficient (Wildman–Crippen LogP) is 6.82. The van der Waals surface area contributed by atoms with Crippen molar-refractivity contribution in [3.8, 4) is 22.8 Å². The fraction of sp³-hybridized carbons (Fsp3) is 0.167. The van der Waals surface area contributed by atoms with Crippen molar-refractivity contribution in [2.75, 3.05) is 5.32 Å². The van der Waals surface area contributed by atoms with Crippen molar-refractivity contribution in [1.82, 2.24) is 14.8 Å². The van der Waals surface area contributed by atoms with Crippen LogP contribution in [0.1, 0.15) is 32.9 Å². The van der Waals surface area contributed by atoms with Crippen LogP contribution in [0.3, 0.4) is 0 Å². The lowest BCUT2D eigenvalue weighted by Crippen LogP contribution is -2.13. The molecule has 3 aromatic carbocycles. The number of rotatable bonds is 6. The van der Waals surface area contributed by atoms with Crippen LogP contribution in [0.15, 0.2) is 66.7 Å². The molecule has 0 saturated heterocycles. The van der Waals surface area contributed by atoms with Crippen molar-refractivity contribution in [3.63, 3.8) is 0 Å². The van der Waals surface area contributed by atoms with E-state index in [-0.39, 0.29) is 17.1 Å². The van der Waals surface area contributed by atoms with Crippen molar-refractivity contribution < 1.29 is 14.5 Å². The first-order chi connectivity index (χ1) is 18.6. The average molecular weight is 522 g/mol. The van der Waals surface area contributed by atoms with Crippen LogP contribution in [0.4, 0.5) is 11.4 Å². The van der Waals surface area contributed by atoms with Crippen molar-refractivity contribution in [3.05, 3.63) is 105 Å². The summed E-state index contributed by atoms with van der Waals surface area (Å²) >= 11 is 0. The van der Waals surface area contributed by atoms with Crippen LogP contribution in [0.2, 0.25) is 0 Å². The predicted molar refractivity (Wildman–Crippen MR) is 150 cm³/mol. The summed E-state index contributed by atoms with van der Waals surface area (Å²) < 4.78 is 7.74. The summed E-state index contributed by atoms with van der Waals surface area (Å²) in [5.74, 6) is 0.371. The van der Waals surface area contributed by atoms with Gasteiger partial charge in [0.2, 0.25) is 0 Å². The van der Waals surface area contributed by atoms with Gasteiger partial charge in [-0.05, 0) is 63.1 Å². The van der Waals surface area contributed by atoms with Gasteiger partial charge in [0.15, 0.2) is 0 Å². The molecule has 0 unspecified atom stereocenters. The third-order valence-electron chi connectivity index (χ3n) is 6.52. The Bertz CT molecular complexity index is 1750. The number of aromatic nitrogens is 3. The van der Waals surface area contributed by atoms with E-state index >= 15 is 0 Å². The second-order valence-corrected chi connectivity index (χ2v) is 9.59. The third kappa shape index (κ3) is 5.19. The van der Waals surface area contributed by atoms with Gasteiger partial charge in [-0.3, -0.25) is 19.6 Å². The average Bonchev–Trinajstić information content (AvgIpc) is 3.13. The molecule has 9 nitrogen and oxygen atoms in total. The standard InChI is InChI=1S/C30H27N5O4/c1-17-10-18(2)12-23(11-17)39-24-14-21(13-22(15-24)35(37)38)31-30(36)26-16-28(29-19(3)33-34(5)20(29)4)32-27-9-7-6-8-25(26)27/h6-16H,1-5H3,(H,31,36). The number of aryl methyl sites for hydroxylation is 4. The normalized spacial score (nSPS) is 11.0. The van der Waals surface area contributed by atoms with E-state index < -0.39 is 10.8 Å². The number of nitrogens with one attached hydrogen (secondary N) is 1. The second kappa shape index (κ2) is 10.0. The summed E-state index contributed by atoms with van der Waals surface area (Å²) in [6, 6.07) is 19.0. The smallest absolute Gasteiger partial charge is 0.275 e. The number of fused-ring (bicyclic) bond motifs is 1. The fourth-order valence-corrected chi connectivity index (χ4v) is 4.78. The van der Waals surface area contributed by atoms with Gasteiger partial charge >= 0.3 is 0 Å². The number of ether oxygens (including phenoxy) is 1. The molecule has 0 atom stereocenters. The minimum atomic E-state index is -0.516. The lowest BCUT2D eigenvalue weighted by molar-refractivity contribution is -0.384. The number of anilines is 1. The molecule has 0 aliphatic heterocycles. The monoisotopic (exact) mass is 521 g/mol. The number of amides is 1. The van der Waals surface area contributed by atoms with Crippen molar-refractivity contribution >= 4 is 28.2 Å². The molecule has 0 bridgehead atoms. The summed E-state index contributed by atoms with van der Waals surface area (Å²) in [5, 5.41) is 19.7. The SMILES string of the molecule is Cc1cc(C)cc(Oc2cc(NC(=O)c3cc(-c4c(C)nn(C)c4C)nc4ccccc34)cc([N+](=O)[O-])c2)c1. The molecule has 0 aliphatic rings. The van der Waals surface area contributed by atoms with Gasteiger partial charge in [0.05, 0.1) is 39.1 Å². The molecule has 2 heterocycles. The van der Waals surface area contributed by atoms with Gasteiger partial charge in [-0.25, -0.2) is 4.98 Å².